The van der Waals surface area contributed by atoms with Crippen LogP contribution in [-0.4, -0.2) is 23.1 Å². The minimum Gasteiger partial charge on any atom is -0.477 e. The molecular weight excluding hydrogens is 232 g/mol. The minimum absolute atomic E-state index is 0.548. The van der Waals surface area contributed by atoms with Gasteiger partial charge in [-0.3, -0.25) is 0 Å². The number of carboxylic acids is 1. The zero-order chi connectivity index (χ0) is 12.4. The van der Waals surface area contributed by atoms with Crippen LogP contribution in [0.25, 0.3) is 0 Å². The summed E-state index contributed by atoms with van der Waals surface area (Å²) in [5, 5.41) is 7.94. The highest BCUT2D eigenvalue weighted by molar-refractivity contribution is 5.76. The van der Waals surface area contributed by atoms with E-state index in [0.29, 0.717) is 0 Å². The molecule has 0 amide bonds. The largest absolute Gasteiger partial charge is 0.477 e. The molecule has 0 bridgehead atoms. The van der Waals surface area contributed by atoms with Crippen LogP contribution in [0, 0.1) is 0 Å². The lowest BCUT2D eigenvalue weighted by Gasteiger charge is -2.22. The van der Waals surface area contributed by atoms with Crippen LogP contribution in [0.2, 0.25) is 0 Å². The number of carboxylic acid groups (broad SMARTS) is 1. The molecule has 0 aliphatic carbocycles. The van der Waals surface area contributed by atoms with Gasteiger partial charge in [0.1, 0.15) is 5.75 Å². The molecule has 1 aromatic carbocycles. The Bertz CT molecular complexity index is 378. The number of halogens is 4. The van der Waals surface area contributed by atoms with Crippen LogP contribution in [0.5, 0.6) is 5.75 Å². The molecule has 0 radical (unpaired) electrons. The molecule has 0 fully saturated rings. The zero-order valence-corrected chi connectivity index (χ0v) is 7.66. The second kappa shape index (κ2) is 3.99. The van der Waals surface area contributed by atoms with Gasteiger partial charge in [0.2, 0.25) is 0 Å². The number of para-hydroxylation sites is 1. The Balaban J connectivity index is 2.92. The molecule has 0 aromatic heterocycles. The Hall–Kier alpha value is -1.79. The van der Waals surface area contributed by atoms with E-state index in [1.165, 1.54) is 18.2 Å². The van der Waals surface area contributed by atoms with E-state index >= 15 is 0 Å². The van der Waals surface area contributed by atoms with Crippen LogP contribution in [0.1, 0.15) is 0 Å². The fourth-order valence-corrected chi connectivity index (χ4v) is 0.825. The van der Waals surface area contributed by atoms with Crippen molar-refractivity contribution in [3.63, 3.8) is 0 Å². The maximum atomic E-state index is 12.8. The fourth-order valence-electron chi connectivity index (χ4n) is 0.825. The molecule has 1 aromatic rings. The van der Waals surface area contributed by atoms with Crippen LogP contribution >= 0.6 is 0 Å². The van der Waals surface area contributed by atoms with E-state index in [-0.39, 0.29) is 0 Å². The van der Waals surface area contributed by atoms with Crippen molar-refractivity contribution in [2.75, 3.05) is 0 Å². The van der Waals surface area contributed by atoms with E-state index in [4.69, 9.17) is 5.11 Å². The molecule has 1 N–H and O–H groups in total. The summed E-state index contributed by atoms with van der Waals surface area (Å²) in [5.74, 6) is -8.79. The smallest absolute Gasteiger partial charge is 0.476 e. The van der Waals surface area contributed by atoms with Gasteiger partial charge in [0, 0.05) is 0 Å². The molecule has 0 heterocycles. The molecule has 0 saturated heterocycles. The Morgan fingerprint density at radius 3 is 2.06 bits per heavy atom. The molecule has 0 atom stereocenters. The second-order valence-corrected chi connectivity index (χ2v) is 2.81. The topological polar surface area (TPSA) is 46.5 Å². The quantitative estimate of drug-likeness (QED) is 0.819. The average Bonchev–Trinajstić information content (AvgIpc) is 2.18. The highest BCUT2D eigenvalue weighted by Crippen LogP contribution is 2.36. The van der Waals surface area contributed by atoms with E-state index in [1.807, 2.05) is 0 Å². The number of benzene rings is 1. The molecule has 0 saturated carbocycles. The van der Waals surface area contributed by atoms with Crippen molar-refractivity contribution in [3.8, 4) is 5.75 Å². The predicted octanol–water partition coefficient (Wildman–Crippen LogP) is 2.38. The monoisotopic (exact) mass is 238 g/mol. The normalized spacial score (nSPS) is 12.2. The number of carbonyl (C=O) groups is 1. The summed E-state index contributed by atoms with van der Waals surface area (Å²) in [6.45, 7) is 0. The number of hydrogen-bond acceptors (Lipinski definition) is 2. The lowest BCUT2D eigenvalue weighted by Crippen LogP contribution is -2.50. The molecule has 88 valence electrons. The van der Waals surface area contributed by atoms with Gasteiger partial charge in [0.05, 0.1) is 0 Å². The van der Waals surface area contributed by atoms with E-state index in [0.717, 1.165) is 12.1 Å². The highest BCUT2D eigenvalue weighted by Gasteiger charge is 2.65. The summed E-state index contributed by atoms with van der Waals surface area (Å²) in [4.78, 5) is 9.95. The first-order valence-electron chi connectivity index (χ1n) is 4.00. The van der Waals surface area contributed by atoms with E-state index in [9.17, 15) is 22.4 Å². The molecule has 16 heavy (non-hydrogen) atoms. The van der Waals surface area contributed by atoms with Crippen LogP contribution in [-0.2, 0) is 4.79 Å². The Kier molecular flexibility index (Phi) is 3.06. The van der Waals surface area contributed by atoms with Gasteiger partial charge in [0.25, 0.3) is 0 Å². The maximum Gasteiger partial charge on any atom is 0.476 e. The fraction of sp³-hybridized carbons (Fsp3) is 0.222. The van der Waals surface area contributed by atoms with Gasteiger partial charge >= 0.3 is 18.0 Å². The van der Waals surface area contributed by atoms with E-state index in [2.05, 4.69) is 4.74 Å². The summed E-state index contributed by atoms with van der Waals surface area (Å²) in [6, 6.07) is 6.03. The molecule has 3 nitrogen and oxygen atoms in total. The van der Waals surface area contributed by atoms with Crippen molar-refractivity contribution in [2.45, 2.75) is 12.0 Å². The Morgan fingerprint density at radius 1 is 1.12 bits per heavy atom. The SMILES string of the molecule is O=C(O)C(F)(F)C(F)(F)Oc1ccccc1. The van der Waals surface area contributed by atoms with Crippen molar-refractivity contribution < 1.29 is 32.2 Å². The Labute approximate surface area is 87.3 Å². The maximum absolute atomic E-state index is 12.8. The van der Waals surface area contributed by atoms with Gasteiger partial charge in [0.15, 0.2) is 0 Å². The van der Waals surface area contributed by atoms with E-state index in [1.54, 1.807) is 0 Å². The summed E-state index contributed by atoms with van der Waals surface area (Å²) in [7, 11) is 0. The molecule has 0 aliphatic heterocycles. The van der Waals surface area contributed by atoms with Crippen LogP contribution in [0.15, 0.2) is 30.3 Å². The van der Waals surface area contributed by atoms with Crippen molar-refractivity contribution in [2.24, 2.45) is 0 Å². The number of hydrogen-bond donors (Lipinski definition) is 1. The standard InChI is InChI=1S/C9H6F4O3/c10-8(11,7(14)15)9(12,13)16-6-4-2-1-3-5-6/h1-5H,(H,14,15). The summed E-state index contributed by atoms with van der Waals surface area (Å²) >= 11 is 0. The lowest BCUT2D eigenvalue weighted by atomic mass is 10.3. The molecule has 0 unspecified atom stereocenters. The molecule has 0 spiro atoms. The zero-order valence-electron chi connectivity index (χ0n) is 7.66. The van der Waals surface area contributed by atoms with Crippen molar-refractivity contribution in [1.82, 2.24) is 0 Å². The van der Waals surface area contributed by atoms with Crippen molar-refractivity contribution >= 4 is 5.97 Å². The van der Waals surface area contributed by atoms with Crippen molar-refractivity contribution in [3.05, 3.63) is 30.3 Å². The number of aliphatic carboxylic acids is 1. The van der Waals surface area contributed by atoms with Gasteiger partial charge in [-0.15, -0.1) is 0 Å². The molecular formula is C9H6F4O3. The van der Waals surface area contributed by atoms with Gasteiger partial charge in [-0.25, -0.2) is 4.79 Å². The summed E-state index contributed by atoms with van der Waals surface area (Å²) in [6.07, 6.45) is -5.11. The van der Waals surface area contributed by atoms with E-state index < -0.39 is 23.7 Å². The Morgan fingerprint density at radius 2 is 1.62 bits per heavy atom. The highest BCUT2D eigenvalue weighted by atomic mass is 19.3. The first-order chi connectivity index (χ1) is 7.27. The first-order valence-corrected chi connectivity index (χ1v) is 4.00. The van der Waals surface area contributed by atoms with Gasteiger partial charge in [-0.1, -0.05) is 18.2 Å². The van der Waals surface area contributed by atoms with Crippen molar-refractivity contribution in [1.29, 1.82) is 0 Å². The number of ether oxygens (including phenoxy) is 1. The third kappa shape index (κ3) is 2.23. The second-order valence-electron chi connectivity index (χ2n) is 2.81. The number of rotatable bonds is 4. The van der Waals surface area contributed by atoms with Gasteiger partial charge in [-0.05, 0) is 12.1 Å². The first kappa shape index (κ1) is 12.3. The molecule has 0 aliphatic rings. The van der Waals surface area contributed by atoms with Crippen LogP contribution in [0.3, 0.4) is 0 Å². The van der Waals surface area contributed by atoms with Gasteiger partial charge in [-0.2, -0.15) is 17.6 Å². The predicted molar refractivity (Wildman–Crippen MR) is 44.6 cm³/mol. The third-order valence-corrected chi connectivity index (χ3v) is 1.62. The number of alkyl halides is 4. The lowest BCUT2D eigenvalue weighted by molar-refractivity contribution is -0.301. The van der Waals surface area contributed by atoms with Crippen LogP contribution in [0.4, 0.5) is 17.6 Å². The summed E-state index contributed by atoms with van der Waals surface area (Å²) < 4.78 is 54.3. The van der Waals surface area contributed by atoms with Crippen LogP contribution < -0.4 is 4.74 Å². The van der Waals surface area contributed by atoms with Gasteiger partial charge < -0.3 is 9.84 Å². The molecule has 1 rings (SSSR count). The molecule has 7 heteroatoms. The third-order valence-electron chi connectivity index (χ3n) is 1.62. The minimum atomic E-state index is -5.29. The average molecular weight is 238 g/mol. The summed E-state index contributed by atoms with van der Waals surface area (Å²) in [5.41, 5.74) is 0.